The molecule has 1 unspecified atom stereocenters. The van der Waals surface area contributed by atoms with Crippen LogP contribution in [0.25, 0.3) is 0 Å². The SMILES string of the molecule is CC(CN1CCOCC1)NS(=O)(=O)c1ccc(C#N)nc1. The number of sulfonamides is 1. The van der Waals surface area contributed by atoms with Gasteiger partial charge in [0.1, 0.15) is 16.7 Å². The van der Waals surface area contributed by atoms with Crippen LogP contribution >= 0.6 is 0 Å². The molecule has 1 saturated heterocycles. The Hall–Kier alpha value is -1.53. The standard InChI is InChI=1S/C13H18N4O3S/c1-11(10-17-4-6-20-7-5-17)16-21(18,19)13-3-2-12(8-14)15-9-13/h2-3,9,11,16H,4-7,10H2,1H3. The summed E-state index contributed by atoms with van der Waals surface area (Å²) < 4.78 is 32.3. The maximum atomic E-state index is 12.2. The molecular formula is C13H18N4O3S. The molecule has 2 rings (SSSR count). The lowest BCUT2D eigenvalue weighted by atomic mass is 10.3. The lowest BCUT2D eigenvalue weighted by Crippen LogP contribution is -2.45. The molecule has 7 nitrogen and oxygen atoms in total. The average molecular weight is 310 g/mol. The number of ether oxygens (including phenoxy) is 1. The number of nitrogens with one attached hydrogen (secondary N) is 1. The number of morpholine rings is 1. The highest BCUT2D eigenvalue weighted by atomic mass is 32.2. The number of nitrogens with zero attached hydrogens (tertiary/aromatic N) is 3. The van der Waals surface area contributed by atoms with Crippen molar-refractivity contribution in [3.63, 3.8) is 0 Å². The molecule has 1 aliphatic heterocycles. The van der Waals surface area contributed by atoms with E-state index in [1.807, 2.05) is 13.0 Å². The highest BCUT2D eigenvalue weighted by Crippen LogP contribution is 2.09. The molecule has 0 radical (unpaired) electrons. The van der Waals surface area contributed by atoms with Crippen LogP contribution in [0.1, 0.15) is 12.6 Å². The van der Waals surface area contributed by atoms with E-state index < -0.39 is 10.0 Å². The summed E-state index contributed by atoms with van der Waals surface area (Å²) in [4.78, 5) is 6.00. The molecule has 1 fully saturated rings. The second-order valence-electron chi connectivity index (χ2n) is 4.93. The Bertz CT molecular complexity index is 603. The zero-order valence-corrected chi connectivity index (χ0v) is 12.6. The lowest BCUT2D eigenvalue weighted by molar-refractivity contribution is 0.0354. The second-order valence-corrected chi connectivity index (χ2v) is 6.64. The maximum Gasteiger partial charge on any atom is 0.242 e. The number of hydrogen-bond acceptors (Lipinski definition) is 6. The van der Waals surface area contributed by atoms with Gasteiger partial charge >= 0.3 is 0 Å². The minimum absolute atomic E-state index is 0.0651. The smallest absolute Gasteiger partial charge is 0.242 e. The van der Waals surface area contributed by atoms with Crippen molar-refractivity contribution in [3.05, 3.63) is 24.0 Å². The van der Waals surface area contributed by atoms with Gasteiger partial charge in [0, 0.05) is 31.9 Å². The molecule has 8 heteroatoms. The van der Waals surface area contributed by atoms with Crippen LogP contribution in [0.5, 0.6) is 0 Å². The van der Waals surface area contributed by atoms with Gasteiger partial charge in [0.05, 0.1) is 13.2 Å². The summed E-state index contributed by atoms with van der Waals surface area (Å²) in [6, 6.07) is 4.41. The Morgan fingerprint density at radius 2 is 2.19 bits per heavy atom. The van der Waals surface area contributed by atoms with Gasteiger partial charge in [-0.1, -0.05) is 0 Å². The van der Waals surface area contributed by atoms with Crippen LogP contribution in [0.15, 0.2) is 23.2 Å². The summed E-state index contributed by atoms with van der Waals surface area (Å²) in [7, 11) is -3.62. The van der Waals surface area contributed by atoms with Crippen molar-refractivity contribution < 1.29 is 13.2 Å². The van der Waals surface area contributed by atoms with E-state index in [9.17, 15) is 8.42 Å². The fourth-order valence-corrected chi connectivity index (χ4v) is 3.33. The Balaban J connectivity index is 1.97. The van der Waals surface area contributed by atoms with E-state index in [0.717, 1.165) is 13.1 Å². The summed E-state index contributed by atoms with van der Waals surface area (Å²) in [6.45, 7) is 5.43. The first-order chi connectivity index (χ1) is 10.0. The zero-order valence-electron chi connectivity index (χ0n) is 11.8. The van der Waals surface area contributed by atoms with Crippen molar-refractivity contribution in [1.29, 1.82) is 5.26 Å². The maximum absolute atomic E-state index is 12.2. The third-order valence-corrected chi connectivity index (χ3v) is 4.73. The predicted molar refractivity (Wildman–Crippen MR) is 76.0 cm³/mol. The first-order valence-electron chi connectivity index (χ1n) is 6.70. The Labute approximate surface area is 124 Å². The number of rotatable bonds is 5. The first kappa shape index (κ1) is 15.9. The van der Waals surface area contributed by atoms with Crippen molar-refractivity contribution in [3.8, 4) is 6.07 Å². The summed E-state index contributed by atoms with van der Waals surface area (Å²) in [5.41, 5.74) is 0.190. The highest BCUT2D eigenvalue weighted by Gasteiger charge is 2.20. The predicted octanol–water partition coefficient (Wildman–Crippen LogP) is -0.0477. The third-order valence-electron chi connectivity index (χ3n) is 3.15. The summed E-state index contributed by atoms with van der Waals surface area (Å²) in [6.07, 6.45) is 1.20. The van der Waals surface area contributed by atoms with Gasteiger partial charge in [0.25, 0.3) is 0 Å². The molecule has 0 aliphatic carbocycles. The van der Waals surface area contributed by atoms with Crippen molar-refractivity contribution >= 4 is 10.0 Å². The van der Waals surface area contributed by atoms with Crippen molar-refractivity contribution in [2.75, 3.05) is 32.8 Å². The van der Waals surface area contributed by atoms with Crippen LogP contribution in [0.2, 0.25) is 0 Å². The average Bonchev–Trinajstić information content (AvgIpc) is 2.47. The third kappa shape index (κ3) is 4.47. The normalized spacial score (nSPS) is 18.1. The second kappa shape index (κ2) is 6.95. The summed E-state index contributed by atoms with van der Waals surface area (Å²) in [5, 5.41) is 8.67. The molecule has 114 valence electrons. The lowest BCUT2D eigenvalue weighted by Gasteiger charge is -2.29. The van der Waals surface area contributed by atoms with Crippen LogP contribution in [0, 0.1) is 11.3 Å². The Morgan fingerprint density at radius 1 is 1.48 bits per heavy atom. The van der Waals surface area contributed by atoms with Crippen molar-refractivity contribution in [2.24, 2.45) is 0 Å². The van der Waals surface area contributed by atoms with Gasteiger partial charge in [-0.15, -0.1) is 0 Å². The fourth-order valence-electron chi connectivity index (χ4n) is 2.15. The van der Waals surface area contributed by atoms with Crippen molar-refractivity contribution in [1.82, 2.24) is 14.6 Å². The monoisotopic (exact) mass is 310 g/mol. The molecule has 0 saturated carbocycles. The summed E-state index contributed by atoms with van der Waals surface area (Å²) >= 11 is 0. The molecule has 0 aromatic carbocycles. The molecule has 1 N–H and O–H groups in total. The van der Waals surface area contributed by atoms with Crippen LogP contribution < -0.4 is 4.72 Å². The number of hydrogen-bond donors (Lipinski definition) is 1. The van der Waals surface area contributed by atoms with Crippen LogP contribution in [-0.2, 0) is 14.8 Å². The molecule has 0 bridgehead atoms. The first-order valence-corrected chi connectivity index (χ1v) is 8.18. The number of pyridine rings is 1. The van der Waals surface area contributed by atoms with Gasteiger partial charge in [-0.25, -0.2) is 18.1 Å². The van der Waals surface area contributed by atoms with E-state index in [-0.39, 0.29) is 16.6 Å². The quantitative estimate of drug-likeness (QED) is 0.819. The number of aromatic nitrogens is 1. The molecule has 1 aliphatic rings. The molecule has 1 atom stereocenters. The van der Waals surface area contributed by atoms with Gasteiger partial charge in [-0.2, -0.15) is 5.26 Å². The van der Waals surface area contributed by atoms with Gasteiger partial charge in [-0.05, 0) is 19.1 Å². The number of nitriles is 1. The van der Waals surface area contributed by atoms with Crippen LogP contribution in [-0.4, -0.2) is 57.2 Å². The van der Waals surface area contributed by atoms with E-state index in [1.165, 1.54) is 18.3 Å². The van der Waals surface area contributed by atoms with E-state index in [0.29, 0.717) is 19.8 Å². The molecule has 1 aromatic rings. The van der Waals surface area contributed by atoms with Gasteiger partial charge in [0.2, 0.25) is 10.0 Å². The largest absolute Gasteiger partial charge is 0.379 e. The van der Waals surface area contributed by atoms with Crippen LogP contribution in [0.4, 0.5) is 0 Å². The summed E-state index contributed by atoms with van der Waals surface area (Å²) in [5.74, 6) is 0. The Morgan fingerprint density at radius 3 is 2.76 bits per heavy atom. The minimum atomic E-state index is -3.62. The van der Waals surface area contributed by atoms with E-state index in [1.54, 1.807) is 0 Å². The minimum Gasteiger partial charge on any atom is -0.379 e. The Kier molecular flexibility index (Phi) is 5.25. The fraction of sp³-hybridized carbons (Fsp3) is 0.538. The molecular weight excluding hydrogens is 292 g/mol. The van der Waals surface area contributed by atoms with Gasteiger partial charge in [0.15, 0.2) is 0 Å². The molecule has 0 amide bonds. The topological polar surface area (TPSA) is 95.3 Å². The van der Waals surface area contributed by atoms with Crippen LogP contribution in [0.3, 0.4) is 0 Å². The van der Waals surface area contributed by atoms with Crippen molar-refractivity contribution in [2.45, 2.75) is 17.9 Å². The highest BCUT2D eigenvalue weighted by molar-refractivity contribution is 7.89. The van der Waals surface area contributed by atoms with E-state index >= 15 is 0 Å². The van der Waals surface area contributed by atoms with E-state index in [2.05, 4.69) is 14.6 Å². The van der Waals surface area contributed by atoms with Gasteiger partial charge in [-0.3, -0.25) is 4.90 Å². The molecule has 2 heterocycles. The van der Waals surface area contributed by atoms with Gasteiger partial charge < -0.3 is 4.74 Å². The van der Waals surface area contributed by atoms with E-state index in [4.69, 9.17) is 10.00 Å². The zero-order chi connectivity index (χ0) is 15.3. The molecule has 21 heavy (non-hydrogen) atoms. The molecule has 0 spiro atoms. The molecule has 1 aromatic heterocycles.